The van der Waals surface area contributed by atoms with Crippen molar-refractivity contribution >= 4 is 28.5 Å². The van der Waals surface area contributed by atoms with Gasteiger partial charge in [-0.1, -0.05) is 30.7 Å². The molecule has 3 rings (SSSR count). The zero-order chi connectivity index (χ0) is 16.2. The number of aromatic amines is 1. The molecule has 0 saturated heterocycles. The summed E-state index contributed by atoms with van der Waals surface area (Å²) in [5, 5.41) is 8.33. The van der Waals surface area contributed by atoms with Crippen molar-refractivity contribution in [3.05, 3.63) is 41.8 Å². The Bertz CT molecular complexity index is 799. The van der Waals surface area contributed by atoms with Crippen molar-refractivity contribution in [1.29, 1.82) is 0 Å². The second kappa shape index (κ2) is 6.98. The van der Waals surface area contributed by atoms with Gasteiger partial charge in [0, 0.05) is 23.3 Å². The predicted octanol–water partition coefficient (Wildman–Crippen LogP) is 3.55. The van der Waals surface area contributed by atoms with Crippen molar-refractivity contribution in [2.75, 3.05) is 25.5 Å². The minimum Gasteiger partial charge on any atom is -0.369 e. The number of anilines is 1. The highest BCUT2D eigenvalue weighted by atomic mass is 35.5. The number of hydrogen-bond donors (Lipinski definition) is 3. The molecule has 3 N–H and O–H groups in total. The Hall–Kier alpha value is -2.11. The Labute approximate surface area is 140 Å². The van der Waals surface area contributed by atoms with Crippen molar-refractivity contribution in [3.63, 3.8) is 0 Å². The summed E-state index contributed by atoms with van der Waals surface area (Å²) in [6.45, 7) is 3.99. The summed E-state index contributed by atoms with van der Waals surface area (Å²) in [6.07, 6.45) is 3.53. The van der Waals surface area contributed by atoms with Crippen LogP contribution in [0.2, 0.25) is 5.02 Å². The fourth-order valence-electron chi connectivity index (χ4n) is 2.67. The van der Waals surface area contributed by atoms with Crippen LogP contribution in [0, 0.1) is 5.92 Å². The van der Waals surface area contributed by atoms with Gasteiger partial charge in [0.15, 0.2) is 0 Å². The Morgan fingerprint density at radius 2 is 2.13 bits per heavy atom. The van der Waals surface area contributed by atoms with Gasteiger partial charge in [-0.15, -0.1) is 0 Å². The number of rotatable bonds is 6. The first-order valence-electron chi connectivity index (χ1n) is 7.65. The van der Waals surface area contributed by atoms with Crippen molar-refractivity contribution in [1.82, 2.24) is 20.3 Å². The number of nitrogens with one attached hydrogen (secondary N) is 3. The molecule has 5 nitrogen and oxygen atoms in total. The lowest BCUT2D eigenvalue weighted by Gasteiger charge is -2.13. The van der Waals surface area contributed by atoms with Crippen molar-refractivity contribution in [2.24, 2.45) is 5.92 Å². The third-order valence-electron chi connectivity index (χ3n) is 3.78. The molecule has 1 atom stereocenters. The number of aromatic nitrogens is 3. The summed E-state index contributed by atoms with van der Waals surface area (Å²) in [7, 11) is 1.96. The van der Waals surface area contributed by atoms with Gasteiger partial charge < -0.3 is 15.6 Å². The molecular formula is C17H20ClN5. The molecule has 2 aromatic heterocycles. The normalized spacial score (nSPS) is 12.5. The highest BCUT2D eigenvalue weighted by molar-refractivity contribution is 6.31. The molecule has 0 bridgehead atoms. The maximum absolute atomic E-state index is 6.13. The molecule has 120 valence electrons. The monoisotopic (exact) mass is 329 g/mol. The zero-order valence-electron chi connectivity index (χ0n) is 13.2. The van der Waals surface area contributed by atoms with E-state index in [0.717, 1.165) is 41.1 Å². The van der Waals surface area contributed by atoms with Crippen LogP contribution in [0.25, 0.3) is 22.2 Å². The van der Waals surface area contributed by atoms with Gasteiger partial charge in [0.05, 0.1) is 5.39 Å². The van der Waals surface area contributed by atoms with E-state index in [2.05, 4.69) is 32.5 Å². The standard InChI is InChI=1S/C17H20ClN5/c1-11(7-19-2)8-20-16-15-14(9-21-17(15)23-10-22-16)12-4-3-5-13(18)6-12/h3-6,9-11,19H,7-8H2,1-2H3,(H2,20,21,22,23). The number of nitrogens with zero attached hydrogens (tertiary/aromatic N) is 2. The van der Waals surface area contributed by atoms with Gasteiger partial charge in [-0.05, 0) is 37.2 Å². The van der Waals surface area contributed by atoms with Crippen molar-refractivity contribution < 1.29 is 0 Å². The number of benzene rings is 1. The number of halogens is 1. The summed E-state index contributed by atoms with van der Waals surface area (Å²) in [5.74, 6) is 1.34. The van der Waals surface area contributed by atoms with E-state index in [1.807, 2.05) is 37.5 Å². The van der Waals surface area contributed by atoms with Gasteiger partial charge >= 0.3 is 0 Å². The smallest absolute Gasteiger partial charge is 0.143 e. The summed E-state index contributed by atoms with van der Waals surface area (Å²) >= 11 is 6.13. The molecule has 0 aliphatic rings. The summed E-state index contributed by atoms with van der Waals surface area (Å²) < 4.78 is 0. The molecule has 0 aliphatic heterocycles. The van der Waals surface area contributed by atoms with Crippen molar-refractivity contribution in [3.8, 4) is 11.1 Å². The second-order valence-electron chi connectivity index (χ2n) is 5.70. The molecule has 0 saturated carbocycles. The van der Waals surface area contributed by atoms with Crippen LogP contribution in [0.15, 0.2) is 36.8 Å². The van der Waals surface area contributed by atoms with Gasteiger partial charge in [-0.3, -0.25) is 0 Å². The van der Waals surface area contributed by atoms with E-state index in [9.17, 15) is 0 Å². The SMILES string of the molecule is CNCC(C)CNc1ncnc2[nH]cc(-c3cccc(Cl)c3)c12. The average molecular weight is 330 g/mol. The topological polar surface area (TPSA) is 65.6 Å². The lowest BCUT2D eigenvalue weighted by atomic mass is 10.1. The minimum atomic E-state index is 0.499. The van der Waals surface area contributed by atoms with Crippen LogP contribution < -0.4 is 10.6 Å². The summed E-state index contributed by atoms with van der Waals surface area (Å²) in [6, 6.07) is 7.80. The van der Waals surface area contributed by atoms with Gasteiger partial charge in [-0.2, -0.15) is 0 Å². The zero-order valence-corrected chi connectivity index (χ0v) is 14.0. The molecule has 0 amide bonds. The first kappa shape index (κ1) is 15.8. The number of fused-ring (bicyclic) bond motifs is 1. The van der Waals surface area contributed by atoms with Crippen LogP contribution in [0.1, 0.15) is 6.92 Å². The maximum Gasteiger partial charge on any atom is 0.143 e. The number of H-pyrrole nitrogens is 1. The van der Waals surface area contributed by atoms with Crippen LogP contribution in [0.3, 0.4) is 0 Å². The molecule has 23 heavy (non-hydrogen) atoms. The molecule has 0 spiro atoms. The molecule has 0 aliphatic carbocycles. The van der Waals surface area contributed by atoms with Gasteiger partial charge in [0.25, 0.3) is 0 Å². The third kappa shape index (κ3) is 3.46. The van der Waals surface area contributed by atoms with Crippen LogP contribution >= 0.6 is 11.6 Å². The van der Waals surface area contributed by atoms with Crippen LogP contribution in [-0.2, 0) is 0 Å². The molecule has 1 aromatic carbocycles. The molecule has 6 heteroatoms. The fraction of sp³-hybridized carbons (Fsp3) is 0.294. The van der Waals surface area contributed by atoms with Gasteiger partial charge in [-0.25, -0.2) is 9.97 Å². The van der Waals surface area contributed by atoms with E-state index in [4.69, 9.17) is 11.6 Å². The molecule has 3 aromatic rings. The molecule has 0 radical (unpaired) electrons. The third-order valence-corrected chi connectivity index (χ3v) is 4.01. The van der Waals surface area contributed by atoms with E-state index < -0.39 is 0 Å². The quantitative estimate of drug-likeness (QED) is 0.647. The van der Waals surface area contributed by atoms with E-state index in [0.29, 0.717) is 10.9 Å². The molecule has 2 heterocycles. The highest BCUT2D eigenvalue weighted by Gasteiger charge is 2.13. The summed E-state index contributed by atoms with van der Waals surface area (Å²) in [5.41, 5.74) is 2.91. The van der Waals surface area contributed by atoms with Crippen LogP contribution in [0.5, 0.6) is 0 Å². The highest BCUT2D eigenvalue weighted by Crippen LogP contribution is 2.32. The number of hydrogen-bond acceptors (Lipinski definition) is 4. The van der Waals surface area contributed by atoms with E-state index >= 15 is 0 Å². The van der Waals surface area contributed by atoms with E-state index in [1.165, 1.54) is 0 Å². The Kier molecular flexibility index (Phi) is 4.79. The van der Waals surface area contributed by atoms with Crippen LogP contribution in [0.4, 0.5) is 5.82 Å². The molecule has 0 fully saturated rings. The Morgan fingerprint density at radius 1 is 1.26 bits per heavy atom. The van der Waals surface area contributed by atoms with Gasteiger partial charge in [0.2, 0.25) is 0 Å². The fourth-order valence-corrected chi connectivity index (χ4v) is 2.86. The largest absolute Gasteiger partial charge is 0.369 e. The Balaban J connectivity index is 1.97. The lowest BCUT2D eigenvalue weighted by molar-refractivity contribution is 0.569. The Morgan fingerprint density at radius 3 is 2.91 bits per heavy atom. The maximum atomic E-state index is 6.13. The first-order valence-corrected chi connectivity index (χ1v) is 8.03. The second-order valence-corrected chi connectivity index (χ2v) is 6.14. The van der Waals surface area contributed by atoms with Crippen molar-refractivity contribution in [2.45, 2.75) is 6.92 Å². The van der Waals surface area contributed by atoms with E-state index in [-0.39, 0.29) is 0 Å². The lowest BCUT2D eigenvalue weighted by Crippen LogP contribution is -2.23. The van der Waals surface area contributed by atoms with E-state index in [1.54, 1.807) is 6.33 Å². The first-order chi connectivity index (χ1) is 11.2. The predicted molar refractivity (Wildman–Crippen MR) is 95.9 cm³/mol. The summed E-state index contributed by atoms with van der Waals surface area (Å²) in [4.78, 5) is 12.0. The van der Waals surface area contributed by atoms with Gasteiger partial charge in [0.1, 0.15) is 17.8 Å². The molecular weight excluding hydrogens is 310 g/mol. The average Bonchev–Trinajstić information content (AvgIpc) is 2.98. The minimum absolute atomic E-state index is 0.499. The molecule has 1 unspecified atom stereocenters. The van der Waals surface area contributed by atoms with Crippen LogP contribution in [-0.4, -0.2) is 35.1 Å².